The van der Waals surface area contributed by atoms with E-state index in [4.69, 9.17) is 0 Å². The summed E-state index contributed by atoms with van der Waals surface area (Å²) in [6, 6.07) is 6.71. The topological polar surface area (TPSA) is 35.6 Å². The summed E-state index contributed by atoms with van der Waals surface area (Å²) in [5.74, 6) is 0.383. The van der Waals surface area contributed by atoms with Gasteiger partial charge in [-0.05, 0) is 70.6 Å². The van der Waals surface area contributed by atoms with Crippen LogP contribution in [0.25, 0.3) is 0 Å². The lowest BCUT2D eigenvalue weighted by Crippen LogP contribution is -2.50. The van der Waals surface area contributed by atoms with E-state index in [1.807, 2.05) is 25.1 Å². The molecule has 4 rings (SSSR count). The summed E-state index contributed by atoms with van der Waals surface area (Å²) in [7, 11) is 0. The quantitative estimate of drug-likeness (QED) is 0.862. The molecule has 1 saturated carbocycles. The van der Waals surface area contributed by atoms with Gasteiger partial charge in [-0.15, -0.1) is 0 Å². The predicted molar refractivity (Wildman–Crippen MR) is 105 cm³/mol. The number of nitrogens with one attached hydrogen (secondary N) is 1. The first-order valence-corrected chi connectivity index (χ1v) is 10.6. The van der Waals surface area contributed by atoms with Crippen LogP contribution in [0.3, 0.4) is 0 Å². The molecule has 3 fully saturated rings. The molecule has 27 heavy (non-hydrogen) atoms. The van der Waals surface area contributed by atoms with Crippen molar-refractivity contribution in [2.45, 2.75) is 64.1 Å². The van der Waals surface area contributed by atoms with Crippen LogP contribution in [0.1, 0.15) is 49.7 Å². The highest BCUT2D eigenvalue weighted by molar-refractivity contribution is 5.79. The molecule has 1 aromatic rings. The molecule has 0 radical (unpaired) electrons. The van der Waals surface area contributed by atoms with Gasteiger partial charge in [-0.3, -0.25) is 14.6 Å². The van der Waals surface area contributed by atoms with Gasteiger partial charge < -0.3 is 5.32 Å². The number of aryl methyl sites for hydroxylation is 1. The Bertz CT molecular complexity index is 668. The standard InChI is InChI=1S/C22H32FN3O/c1-16-4-2-5-17(21(16)23)14-25-12-9-20(10-13-25)26-11-3-6-18(15-26)22(27)24-19-7-8-19/h2,4-5,18-20H,3,6-15H2,1H3,(H,24,27)/t18-/m1/s1. The van der Waals surface area contributed by atoms with Gasteiger partial charge in [0.1, 0.15) is 5.82 Å². The van der Waals surface area contributed by atoms with Crippen molar-refractivity contribution in [1.82, 2.24) is 15.1 Å². The molecular formula is C22H32FN3O. The van der Waals surface area contributed by atoms with Gasteiger partial charge in [0, 0.05) is 30.7 Å². The van der Waals surface area contributed by atoms with Crippen molar-refractivity contribution < 1.29 is 9.18 Å². The minimum atomic E-state index is -0.0554. The Kier molecular flexibility index (Phi) is 5.79. The van der Waals surface area contributed by atoms with Crippen LogP contribution in [0.15, 0.2) is 18.2 Å². The van der Waals surface area contributed by atoms with Crippen molar-refractivity contribution in [2.75, 3.05) is 26.2 Å². The van der Waals surface area contributed by atoms with E-state index >= 15 is 0 Å². The lowest BCUT2D eigenvalue weighted by atomic mass is 9.93. The normalized spacial score (nSPS) is 25.5. The summed E-state index contributed by atoms with van der Waals surface area (Å²) < 4.78 is 14.3. The van der Waals surface area contributed by atoms with Crippen molar-refractivity contribution >= 4 is 5.91 Å². The van der Waals surface area contributed by atoms with Gasteiger partial charge >= 0.3 is 0 Å². The molecule has 4 nitrogen and oxygen atoms in total. The third kappa shape index (κ3) is 4.69. The van der Waals surface area contributed by atoms with E-state index in [2.05, 4.69) is 15.1 Å². The van der Waals surface area contributed by atoms with Crippen molar-refractivity contribution in [2.24, 2.45) is 5.92 Å². The zero-order valence-electron chi connectivity index (χ0n) is 16.4. The minimum Gasteiger partial charge on any atom is -0.353 e. The number of halogens is 1. The molecular weight excluding hydrogens is 341 g/mol. The van der Waals surface area contributed by atoms with Gasteiger partial charge in [-0.25, -0.2) is 4.39 Å². The maximum atomic E-state index is 14.3. The SMILES string of the molecule is Cc1cccc(CN2CCC(N3CCC[C@@H](C(=O)NC4CC4)C3)CC2)c1F. The molecule has 2 aliphatic heterocycles. The number of carbonyl (C=O) groups excluding carboxylic acids is 1. The highest BCUT2D eigenvalue weighted by Gasteiger charge is 2.33. The van der Waals surface area contributed by atoms with Gasteiger partial charge in [0.05, 0.1) is 5.92 Å². The highest BCUT2D eigenvalue weighted by Crippen LogP contribution is 2.26. The Hall–Kier alpha value is -1.46. The molecule has 2 heterocycles. The molecule has 0 spiro atoms. The lowest BCUT2D eigenvalue weighted by Gasteiger charge is -2.42. The van der Waals surface area contributed by atoms with E-state index in [0.29, 0.717) is 18.6 Å². The number of rotatable bonds is 5. The van der Waals surface area contributed by atoms with Crippen LogP contribution in [0.4, 0.5) is 4.39 Å². The first-order chi connectivity index (χ1) is 13.1. The average molecular weight is 374 g/mol. The van der Waals surface area contributed by atoms with Crippen LogP contribution in [0.5, 0.6) is 0 Å². The van der Waals surface area contributed by atoms with Gasteiger partial charge in [-0.2, -0.15) is 0 Å². The Balaban J connectivity index is 1.27. The zero-order valence-corrected chi connectivity index (χ0v) is 16.4. The van der Waals surface area contributed by atoms with Crippen LogP contribution >= 0.6 is 0 Å². The van der Waals surface area contributed by atoms with Crippen molar-refractivity contribution in [3.63, 3.8) is 0 Å². The maximum absolute atomic E-state index is 14.3. The Morgan fingerprint density at radius 1 is 1.15 bits per heavy atom. The van der Waals surface area contributed by atoms with E-state index in [9.17, 15) is 9.18 Å². The molecule has 1 amide bonds. The lowest BCUT2D eigenvalue weighted by molar-refractivity contribution is -0.127. The van der Waals surface area contributed by atoms with E-state index in [0.717, 1.165) is 75.8 Å². The number of amides is 1. The van der Waals surface area contributed by atoms with Gasteiger partial charge in [0.15, 0.2) is 0 Å². The first-order valence-electron chi connectivity index (χ1n) is 10.6. The second-order valence-electron chi connectivity index (χ2n) is 8.67. The summed E-state index contributed by atoms with van der Waals surface area (Å²) in [5, 5.41) is 3.18. The molecule has 0 bridgehead atoms. The molecule has 1 aromatic carbocycles. The van der Waals surface area contributed by atoms with Crippen molar-refractivity contribution in [1.29, 1.82) is 0 Å². The summed E-state index contributed by atoms with van der Waals surface area (Å²) in [6.07, 6.45) is 6.69. The fourth-order valence-electron chi connectivity index (χ4n) is 4.61. The Morgan fingerprint density at radius 2 is 1.93 bits per heavy atom. The molecule has 148 valence electrons. The van der Waals surface area contributed by atoms with Crippen LogP contribution in [-0.2, 0) is 11.3 Å². The maximum Gasteiger partial charge on any atom is 0.224 e. The third-order valence-electron chi connectivity index (χ3n) is 6.49. The van der Waals surface area contributed by atoms with Crippen LogP contribution in [0, 0.1) is 18.7 Å². The number of benzene rings is 1. The zero-order chi connectivity index (χ0) is 18.8. The smallest absolute Gasteiger partial charge is 0.224 e. The largest absolute Gasteiger partial charge is 0.353 e. The highest BCUT2D eigenvalue weighted by atomic mass is 19.1. The van der Waals surface area contributed by atoms with E-state index in [1.165, 1.54) is 0 Å². The average Bonchev–Trinajstić information content (AvgIpc) is 3.50. The van der Waals surface area contributed by atoms with E-state index < -0.39 is 0 Å². The van der Waals surface area contributed by atoms with E-state index in [1.54, 1.807) is 0 Å². The third-order valence-corrected chi connectivity index (χ3v) is 6.49. The summed E-state index contributed by atoms with van der Waals surface area (Å²) in [6.45, 7) is 6.57. The van der Waals surface area contributed by atoms with Crippen LogP contribution in [0.2, 0.25) is 0 Å². The predicted octanol–water partition coefficient (Wildman–Crippen LogP) is 3.09. The van der Waals surface area contributed by atoms with Gasteiger partial charge in [-0.1, -0.05) is 18.2 Å². The summed E-state index contributed by atoms with van der Waals surface area (Å²) >= 11 is 0. The fourth-order valence-corrected chi connectivity index (χ4v) is 4.61. The summed E-state index contributed by atoms with van der Waals surface area (Å²) in [4.78, 5) is 17.3. The minimum absolute atomic E-state index is 0.0554. The molecule has 2 saturated heterocycles. The molecule has 3 aliphatic rings. The molecule has 1 aliphatic carbocycles. The number of likely N-dealkylation sites (tertiary alicyclic amines) is 2. The number of hydrogen-bond acceptors (Lipinski definition) is 3. The Morgan fingerprint density at radius 3 is 2.67 bits per heavy atom. The second kappa shape index (κ2) is 8.27. The van der Waals surface area contributed by atoms with Crippen LogP contribution < -0.4 is 5.32 Å². The van der Waals surface area contributed by atoms with Crippen molar-refractivity contribution in [3.05, 3.63) is 35.1 Å². The Labute approximate surface area is 162 Å². The second-order valence-corrected chi connectivity index (χ2v) is 8.67. The molecule has 0 aromatic heterocycles. The number of piperidine rings is 2. The monoisotopic (exact) mass is 373 g/mol. The van der Waals surface area contributed by atoms with Gasteiger partial charge in [0.2, 0.25) is 5.91 Å². The number of hydrogen-bond donors (Lipinski definition) is 1. The molecule has 5 heteroatoms. The first kappa shape index (κ1) is 18.9. The fraction of sp³-hybridized carbons (Fsp3) is 0.682. The molecule has 1 N–H and O–H groups in total. The van der Waals surface area contributed by atoms with Gasteiger partial charge in [0.25, 0.3) is 0 Å². The molecule has 0 unspecified atom stereocenters. The van der Waals surface area contributed by atoms with E-state index in [-0.39, 0.29) is 17.6 Å². The number of nitrogens with zero attached hydrogens (tertiary/aromatic N) is 2. The summed E-state index contributed by atoms with van der Waals surface area (Å²) in [5.41, 5.74) is 1.54. The number of carbonyl (C=O) groups is 1. The van der Waals surface area contributed by atoms with Crippen molar-refractivity contribution in [3.8, 4) is 0 Å². The van der Waals surface area contributed by atoms with Crippen LogP contribution in [-0.4, -0.2) is 54.0 Å². The molecule has 1 atom stereocenters.